The highest BCUT2D eigenvalue weighted by Crippen LogP contribution is 2.16. The summed E-state index contributed by atoms with van der Waals surface area (Å²) in [7, 11) is 0. The fraction of sp³-hybridized carbons (Fsp3) is 0.100. The molecule has 1 N–H and O–H groups in total. The SMILES string of the molecule is O=c1cc[nH]c2cc(OCBr)ccc12. The maximum atomic E-state index is 11.4. The molecule has 0 atom stereocenters. The molecule has 1 heterocycles. The van der Waals surface area contributed by atoms with Crippen LogP contribution in [0.5, 0.6) is 5.75 Å². The number of hydrogen-bond donors (Lipinski definition) is 1. The van der Waals surface area contributed by atoms with Gasteiger partial charge in [0.2, 0.25) is 0 Å². The van der Waals surface area contributed by atoms with Crippen molar-refractivity contribution >= 4 is 26.8 Å². The number of aromatic nitrogens is 1. The largest absolute Gasteiger partial charge is 0.482 e. The molecular formula is C10H8BrNO2. The molecular weight excluding hydrogens is 246 g/mol. The van der Waals surface area contributed by atoms with Crippen LogP contribution in [0, 0.1) is 0 Å². The number of halogens is 1. The third kappa shape index (κ3) is 1.65. The second kappa shape index (κ2) is 3.84. The normalized spacial score (nSPS) is 10.4. The van der Waals surface area contributed by atoms with Crippen molar-refractivity contribution in [2.75, 3.05) is 5.52 Å². The molecule has 0 fully saturated rings. The number of fused-ring (bicyclic) bond motifs is 1. The minimum atomic E-state index is 0.0177. The van der Waals surface area contributed by atoms with Gasteiger partial charge in [-0.25, -0.2) is 0 Å². The second-order valence-electron chi connectivity index (χ2n) is 2.80. The van der Waals surface area contributed by atoms with Crippen molar-refractivity contribution in [3.63, 3.8) is 0 Å². The van der Waals surface area contributed by atoms with E-state index in [9.17, 15) is 4.79 Å². The highest BCUT2D eigenvalue weighted by molar-refractivity contribution is 9.09. The van der Waals surface area contributed by atoms with Crippen LogP contribution in [-0.4, -0.2) is 10.5 Å². The van der Waals surface area contributed by atoms with Gasteiger partial charge < -0.3 is 9.72 Å². The average molecular weight is 254 g/mol. The molecule has 0 aliphatic rings. The van der Waals surface area contributed by atoms with Crippen LogP contribution < -0.4 is 10.2 Å². The third-order valence-corrected chi connectivity index (χ3v) is 2.18. The number of rotatable bonds is 2. The molecule has 0 saturated heterocycles. The minimum Gasteiger partial charge on any atom is -0.482 e. The van der Waals surface area contributed by atoms with Gasteiger partial charge in [-0.05, 0) is 28.1 Å². The van der Waals surface area contributed by atoms with Crippen molar-refractivity contribution in [2.45, 2.75) is 0 Å². The predicted octanol–water partition coefficient (Wildman–Crippen LogP) is 2.26. The van der Waals surface area contributed by atoms with Crippen LogP contribution in [0.4, 0.5) is 0 Å². The van der Waals surface area contributed by atoms with Crippen molar-refractivity contribution in [1.29, 1.82) is 0 Å². The summed E-state index contributed by atoms with van der Waals surface area (Å²) in [6, 6.07) is 6.84. The maximum absolute atomic E-state index is 11.4. The average Bonchev–Trinajstić information content (AvgIpc) is 2.18. The lowest BCUT2D eigenvalue weighted by Gasteiger charge is -2.02. The van der Waals surface area contributed by atoms with E-state index < -0.39 is 0 Å². The Bertz CT molecular complexity index is 507. The zero-order valence-electron chi connectivity index (χ0n) is 7.29. The van der Waals surface area contributed by atoms with Crippen LogP contribution in [0.2, 0.25) is 0 Å². The van der Waals surface area contributed by atoms with Gasteiger partial charge in [-0.3, -0.25) is 4.79 Å². The molecule has 0 unspecified atom stereocenters. The molecule has 2 aromatic rings. The number of alkyl halides is 1. The molecule has 14 heavy (non-hydrogen) atoms. The Morgan fingerprint density at radius 3 is 3.00 bits per heavy atom. The van der Waals surface area contributed by atoms with Gasteiger partial charge in [0.1, 0.15) is 11.3 Å². The Hall–Kier alpha value is -1.29. The first-order valence-corrected chi connectivity index (χ1v) is 5.23. The van der Waals surface area contributed by atoms with Gasteiger partial charge in [0.15, 0.2) is 5.43 Å². The fourth-order valence-electron chi connectivity index (χ4n) is 1.31. The molecule has 1 aromatic carbocycles. The molecule has 72 valence electrons. The van der Waals surface area contributed by atoms with Crippen LogP contribution in [-0.2, 0) is 0 Å². The number of aromatic amines is 1. The van der Waals surface area contributed by atoms with E-state index in [-0.39, 0.29) is 5.43 Å². The number of hydrogen-bond acceptors (Lipinski definition) is 2. The van der Waals surface area contributed by atoms with Gasteiger partial charge in [0.25, 0.3) is 0 Å². The molecule has 1 aromatic heterocycles. The van der Waals surface area contributed by atoms with Crippen LogP contribution >= 0.6 is 15.9 Å². The monoisotopic (exact) mass is 253 g/mol. The molecule has 0 bridgehead atoms. The van der Waals surface area contributed by atoms with Crippen LogP contribution in [0.15, 0.2) is 35.3 Å². The lowest BCUT2D eigenvalue weighted by atomic mass is 10.2. The highest BCUT2D eigenvalue weighted by Gasteiger charge is 1.99. The number of ether oxygens (including phenoxy) is 1. The summed E-state index contributed by atoms with van der Waals surface area (Å²) in [4.78, 5) is 14.4. The zero-order valence-corrected chi connectivity index (χ0v) is 8.87. The molecule has 0 amide bonds. The summed E-state index contributed by atoms with van der Waals surface area (Å²) < 4.78 is 5.25. The Labute approximate surface area is 88.8 Å². The van der Waals surface area contributed by atoms with Gasteiger partial charge in [-0.1, -0.05) is 0 Å². The van der Waals surface area contributed by atoms with Crippen molar-refractivity contribution < 1.29 is 4.74 Å². The molecule has 0 aliphatic carbocycles. The lowest BCUT2D eigenvalue weighted by molar-refractivity contribution is 0.398. The first kappa shape index (κ1) is 9.27. The van der Waals surface area contributed by atoms with Crippen LogP contribution in [0.1, 0.15) is 0 Å². The van der Waals surface area contributed by atoms with Crippen LogP contribution in [0.25, 0.3) is 10.9 Å². The van der Waals surface area contributed by atoms with E-state index in [1.54, 1.807) is 24.4 Å². The van der Waals surface area contributed by atoms with Gasteiger partial charge >= 0.3 is 0 Å². The third-order valence-electron chi connectivity index (χ3n) is 1.95. The summed E-state index contributed by atoms with van der Waals surface area (Å²) in [5.41, 5.74) is 1.25. The molecule has 4 heteroatoms. The van der Waals surface area contributed by atoms with Crippen molar-refractivity contribution in [1.82, 2.24) is 4.98 Å². The standard InChI is InChI=1S/C10H8BrNO2/c11-6-14-7-1-2-8-9(5-7)12-4-3-10(8)13/h1-5H,6H2,(H,12,13). The summed E-state index contributed by atoms with van der Waals surface area (Å²) in [6.07, 6.45) is 1.63. The van der Waals surface area contributed by atoms with Gasteiger partial charge in [-0.15, -0.1) is 0 Å². The smallest absolute Gasteiger partial charge is 0.189 e. The van der Waals surface area contributed by atoms with Crippen molar-refractivity contribution in [2.24, 2.45) is 0 Å². The topological polar surface area (TPSA) is 42.1 Å². The van der Waals surface area contributed by atoms with E-state index in [1.165, 1.54) is 6.07 Å². The van der Waals surface area contributed by atoms with Crippen molar-refractivity contribution in [3.05, 3.63) is 40.7 Å². The van der Waals surface area contributed by atoms with E-state index in [0.717, 1.165) is 11.3 Å². The van der Waals surface area contributed by atoms with E-state index in [1.807, 2.05) is 0 Å². The Kier molecular flexibility index (Phi) is 2.54. The molecule has 0 aliphatic heterocycles. The number of H-pyrrole nitrogens is 1. The van der Waals surface area contributed by atoms with E-state index in [2.05, 4.69) is 20.9 Å². The van der Waals surface area contributed by atoms with Gasteiger partial charge in [0.05, 0.1) is 5.52 Å². The highest BCUT2D eigenvalue weighted by atomic mass is 79.9. The zero-order chi connectivity index (χ0) is 9.97. The molecule has 0 spiro atoms. The van der Waals surface area contributed by atoms with Gasteiger partial charge in [0, 0.05) is 23.7 Å². The van der Waals surface area contributed by atoms with Crippen LogP contribution in [0.3, 0.4) is 0 Å². The number of pyridine rings is 1. The first-order valence-electron chi connectivity index (χ1n) is 4.11. The second-order valence-corrected chi connectivity index (χ2v) is 3.26. The number of nitrogens with one attached hydrogen (secondary N) is 1. The summed E-state index contributed by atoms with van der Waals surface area (Å²) >= 11 is 3.17. The molecule has 2 rings (SSSR count). The van der Waals surface area contributed by atoms with Crippen molar-refractivity contribution in [3.8, 4) is 5.75 Å². The molecule has 0 saturated carbocycles. The predicted molar refractivity (Wildman–Crippen MR) is 59.0 cm³/mol. The van der Waals surface area contributed by atoms with E-state index in [4.69, 9.17) is 4.74 Å². The number of benzene rings is 1. The van der Waals surface area contributed by atoms with E-state index >= 15 is 0 Å². The summed E-state index contributed by atoms with van der Waals surface area (Å²) in [6.45, 7) is 0. The summed E-state index contributed by atoms with van der Waals surface area (Å²) in [5, 5.41) is 0.675. The lowest BCUT2D eigenvalue weighted by Crippen LogP contribution is -2.00. The Morgan fingerprint density at radius 1 is 1.36 bits per heavy atom. The van der Waals surface area contributed by atoms with E-state index in [0.29, 0.717) is 10.9 Å². The Morgan fingerprint density at radius 2 is 2.21 bits per heavy atom. The van der Waals surface area contributed by atoms with Gasteiger partial charge in [-0.2, -0.15) is 0 Å². The molecule has 0 radical (unpaired) electrons. The maximum Gasteiger partial charge on any atom is 0.189 e. The fourth-order valence-corrected chi connectivity index (χ4v) is 1.57. The molecule has 3 nitrogen and oxygen atoms in total. The minimum absolute atomic E-state index is 0.0177. The summed E-state index contributed by atoms with van der Waals surface area (Å²) in [5.74, 6) is 0.733. The Balaban J connectivity index is 2.61. The first-order chi connectivity index (χ1) is 6.81. The quantitative estimate of drug-likeness (QED) is 0.835.